The zero-order valence-electron chi connectivity index (χ0n) is 12.2. The Hall–Kier alpha value is -2.58. The lowest BCUT2D eigenvalue weighted by Crippen LogP contribution is -2.23. The van der Waals surface area contributed by atoms with Crippen molar-refractivity contribution in [2.45, 2.75) is 26.1 Å². The predicted octanol–water partition coefficient (Wildman–Crippen LogP) is 3.39. The molecule has 1 amide bonds. The van der Waals surface area contributed by atoms with Crippen molar-refractivity contribution in [3.05, 3.63) is 35.7 Å². The number of alkyl carbamates (subject to hydrolysis) is 1. The number of rotatable bonds is 5. The average molecular weight is 329 g/mol. The lowest BCUT2D eigenvalue weighted by Gasteiger charge is -2.06. The fraction of sp³-hybridized carbons (Fsp3) is 0.357. The number of alkyl halides is 3. The van der Waals surface area contributed by atoms with Crippen LogP contribution >= 0.6 is 0 Å². The first-order valence-electron chi connectivity index (χ1n) is 6.81. The fourth-order valence-electron chi connectivity index (χ4n) is 1.65. The molecule has 0 radical (unpaired) electrons. The number of nitrogens with one attached hydrogen (secondary N) is 1. The monoisotopic (exact) mass is 329 g/mol. The Morgan fingerprint density at radius 2 is 2.00 bits per heavy atom. The third-order valence-electron chi connectivity index (χ3n) is 2.75. The van der Waals surface area contributed by atoms with E-state index in [0.717, 1.165) is 12.0 Å². The molecule has 0 saturated carbocycles. The molecule has 0 spiro atoms. The molecule has 0 fully saturated rings. The highest BCUT2D eigenvalue weighted by molar-refractivity contribution is 5.67. The Morgan fingerprint density at radius 1 is 1.30 bits per heavy atom. The van der Waals surface area contributed by atoms with Gasteiger partial charge in [-0.25, -0.2) is 4.79 Å². The molecular weight excluding hydrogens is 315 g/mol. The molecule has 1 aromatic heterocycles. The minimum Gasteiger partial charge on any atom is -0.450 e. The molecule has 0 aliphatic carbocycles. The van der Waals surface area contributed by atoms with Gasteiger partial charge < -0.3 is 14.6 Å². The van der Waals surface area contributed by atoms with E-state index in [-0.39, 0.29) is 12.4 Å². The summed E-state index contributed by atoms with van der Waals surface area (Å²) >= 11 is 0. The first-order valence-corrected chi connectivity index (χ1v) is 6.81. The molecule has 124 valence electrons. The van der Waals surface area contributed by atoms with Gasteiger partial charge in [-0.05, 0) is 12.0 Å². The summed E-state index contributed by atoms with van der Waals surface area (Å²) < 4.78 is 46.2. The van der Waals surface area contributed by atoms with Gasteiger partial charge in [0.1, 0.15) is 0 Å². The molecule has 6 nitrogen and oxygen atoms in total. The first-order chi connectivity index (χ1) is 10.9. The molecule has 1 aromatic carbocycles. The van der Waals surface area contributed by atoms with Crippen LogP contribution in [0, 0.1) is 0 Å². The highest BCUT2D eigenvalue weighted by atomic mass is 19.4. The zero-order chi connectivity index (χ0) is 16.9. The maximum absolute atomic E-state index is 12.4. The maximum Gasteiger partial charge on any atom is 0.471 e. The molecule has 23 heavy (non-hydrogen) atoms. The van der Waals surface area contributed by atoms with Crippen LogP contribution < -0.4 is 5.32 Å². The Balaban J connectivity index is 1.97. The SMILES string of the molecule is CCCOC(=O)NCc1ccc(-c2noc(C(F)(F)F)n2)cc1. The van der Waals surface area contributed by atoms with E-state index in [9.17, 15) is 18.0 Å². The summed E-state index contributed by atoms with van der Waals surface area (Å²) in [5.74, 6) is -1.55. The molecule has 9 heteroatoms. The standard InChI is InChI=1S/C14H14F3N3O3/c1-2-7-22-13(21)18-8-9-3-5-10(6-4-9)11-19-12(23-20-11)14(15,16)17/h3-6H,2,7-8H2,1H3,(H,18,21). The van der Waals surface area contributed by atoms with Crippen LogP contribution in [0.4, 0.5) is 18.0 Å². The van der Waals surface area contributed by atoms with E-state index in [1.807, 2.05) is 6.92 Å². The van der Waals surface area contributed by atoms with Crippen LogP contribution in [0.2, 0.25) is 0 Å². The van der Waals surface area contributed by atoms with Gasteiger partial charge >= 0.3 is 18.2 Å². The number of carbonyl (C=O) groups is 1. The lowest BCUT2D eigenvalue weighted by molar-refractivity contribution is -0.159. The Kier molecular flexibility index (Phi) is 5.20. The van der Waals surface area contributed by atoms with Gasteiger partial charge in [0.05, 0.1) is 6.61 Å². The topological polar surface area (TPSA) is 77.2 Å². The van der Waals surface area contributed by atoms with Gasteiger partial charge in [-0.2, -0.15) is 18.2 Å². The van der Waals surface area contributed by atoms with Crippen LogP contribution in [0.5, 0.6) is 0 Å². The normalized spacial score (nSPS) is 11.3. The van der Waals surface area contributed by atoms with Crippen LogP contribution in [0.1, 0.15) is 24.8 Å². The van der Waals surface area contributed by atoms with E-state index < -0.39 is 18.2 Å². The number of benzene rings is 1. The van der Waals surface area contributed by atoms with Gasteiger partial charge in [0, 0.05) is 12.1 Å². The number of hydrogen-bond acceptors (Lipinski definition) is 5. The molecule has 0 unspecified atom stereocenters. The Labute approximate surface area is 129 Å². The molecule has 1 heterocycles. The summed E-state index contributed by atoms with van der Waals surface area (Å²) in [6, 6.07) is 6.36. The van der Waals surface area contributed by atoms with Crippen molar-refractivity contribution >= 4 is 6.09 Å². The minimum atomic E-state index is -4.67. The van der Waals surface area contributed by atoms with Crippen LogP contribution in [0.25, 0.3) is 11.4 Å². The van der Waals surface area contributed by atoms with E-state index in [2.05, 4.69) is 20.0 Å². The third kappa shape index (κ3) is 4.70. The molecule has 2 aromatic rings. The van der Waals surface area contributed by atoms with Crippen LogP contribution in [-0.2, 0) is 17.5 Å². The second kappa shape index (κ2) is 7.12. The molecule has 0 bridgehead atoms. The third-order valence-corrected chi connectivity index (χ3v) is 2.75. The lowest BCUT2D eigenvalue weighted by atomic mass is 10.1. The molecule has 1 N–H and O–H groups in total. The van der Waals surface area contributed by atoms with E-state index in [4.69, 9.17) is 4.74 Å². The maximum atomic E-state index is 12.4. The summed E-state index contributed by atoms with van der Waals surface area (Å²) in [4.78, 5) is 14.6. The second-order valence-electron chi connectivity index (χ2n) is 4.61. The highest BCUT2D eigenvalue weighted by Crippen LogP contribution is 2.29. The van der Waals surface area contributed by atoms with E-state index in [1.54, 1.807) is 24.3 Å². The van der Waals surface area contributed by atoms with E-state index >= 15 is 0 Å². The number of aromatic nitrogens is 2. The molecule has 0 aliphatic rings. The van der Waals surface area contributed by atoms with E-state index in [1.165, 1.54) is 0 Å². The number of nitrogens with zero attached hydrogens (tertiary/aromatic N) is 2. The van der Waals surface area contributed by atoms with Crippen molar-refractivity contribution in [3.63, 3.8) is 0 Å². The van der Waals surface area contributed by atoms with Gasteiger partial charge in [-0.1, -0.05) is 36.3 Å². The Morgan fingerprint density at radius 3 is 2.57 bits per heavy atom. The van der Waals surface area contributed by atoms with E-state index in [0.29, 0.717) is 12.2 Å². The minimum absolute atomic E-state index is 0.154. The molecule has 0 saturated heterocycles. The smallest absolute Gasteiger partial charge is 0.450 e. The number of halogens is 3. The summed E-state index contributed by atoms with van der Waals surface area (Å²) in [7, 11) is 0. The second-order valence-corrected chi connectivity index (χ2v) is 4.61. The quantitative estimate of drug-likeness (QED) is 0.910. The number of amides is 1. The fourth-order valence-corrected chi connectivity index (χ4v) is 1.65. The summed E-state index contributed by atoms with van der Waals surface area (Å²) in [6.07, 6.45) is -4.47. The molecule has 0 aliphatic heterocycles. The highest BCUT2D eigenvalue weighted by Gasteiger charge is 2.38. The number of hydrogen-bond donors (Lipinski definition) is 1. The largest absolute Gasteiger partial charge is 0.471 e. The summed E-state index contributed by atoms with van der Waals surface area (Å²) in [5, 5.41) is 5.85. The van der Waals surface area contributed by atoms with Crippen LogP contribution in [-0.4, -0.2) is 22.8 Å². The van der Waals surface area contributed by atoms with Crippen molar-refractivity contribution in [2.24, 2.45) is 0 Å². The molecular formula is C14H14F3N3O3. The van der Waals surface area contributed by atoms with Gasteiger partial charge in [-0.15, -0.1) is 0 Å². The van der Waals surface area contributed by atoms with Gasteiger partial charge in [0.2, 0.25) is 5.82 Å². The first kappa shape index (κ1) is 16.8. The average Bonchev–Trinajstić information content (AvgIpc) is 3.01. The Bertz CT molecular complexity index is 653. The van der Waals surface area contributed by atoms with Crippen molar-refractivity contribution in [3.8, 4) is 11.4 Å². The molecule has 2 rings (SSSR count). The van der Waals surface area contributed by atoms with Crippen molar-refractivity contribution in [1.29, 1.82) is 0 Å². The van der Waals surface area contributed by atoms with Crippen LogP contribution in [0.15, 0.2) is 28.8 Å². The van der Waals surface area contributed by atoms with Gasteiger partial charge in [0.15, 0.2) is 0 Å². The summed E-state index contributed by atoms with van der Waals surface area (Å²) in [6.45, 7) is 2.46. The van der Waals surface area contributed by atoms with Crippen molar-refractivity contribution in [1.82, 2.24) is 15.5 Å². The van der Waals surface area contributed by atoms with Gasteiger partial charge in [0.25, 0.3) is 0 Å². The molecule has 0 atom stereocenters. The number of ether oxygens (including phenoxy) is 1. The predicted molar refractivity (Wildman–Crippen MR) is 73.2 cm³/mol. The number of carbonyl (C=O) groups excluding carboxylic acids is 1. The van der Waals surface area contributed by atoms with Gasteiger partial charge in [-0.3, -0.25) is 0 Å². The van der Waals surface area contributed by atoms with Crippen LogP contribution in [0.3, 0.4) is 0 Å². The van der Waals surface area contributed by atoms with Crippen molar-refractivity contribution in [2.75, 3.05) is 6.61 Å². The summed E-state index contributed by atoms with van der Waals surface area (Å²) in [5.41, 5.74) is 1.13. The van der Waals surface area contributed by atoms with Crippen molar-refractivity contribution < 1.29 is 27.2 Å². The zero-order valence-corrected chi connectivity index (χ0v) is 12.2.